The maximum atomic E-state index is 12.6. The Labute approximate surface area is 151 Å². The van der Waals surface area contributed by atoms with Crippen LogP contribution in [0.5, 0.6) is 0 Å². The molecule has 2 aromatic carbocycles. The van der Waals surface area contributed by atoms with E-state index >= 15 is 0 Å². The zero-order valence-electron chi connectivity index (χ0n) is 13.6. The van der Waals surface area contributed by atoms with Gasteiger partial charge in [-0.05, 0) is 24.3 Å². The van der Waals surface area contributed by atoms with E-state index in [4.69, 9.17) is 21.4 Å². The van der Waals surface area contributed by atoms with Crippen LogP contribution in [-0.4, -0.2) is 35.5 Å². The molecule has 5 nitrogen and oxygen atoms in total. The molecular formula is C19H18ClN3O2. The maximum Gasteiger partial charge on any atom is 0.253 e. The average molecular weight is 356 g/mol. The third-order valence-corrected chi connectivity index (χ3v) is 4.88. The number of carbonyl (C=O) groups is 1. The largest absolute Gasteiger partial charge is 0.338 e. The molecule has 128 valence electrons. The van der Waals surface area contributed by atoms with Gasteiger partial charge in [0.15, 0.2) is 11.6 Å². The van der Waals surface area contributed by atoms with Crippen LogP contribution >= 0.6 is 11.6 Å². The predicted molar refractivity (Wildman–Crippen MR) is 96.5 cm³/mol. The highest BCUT2D eigenvalue weighted by molar-refractivity contribution is 6.30. The van der Waals surface area contributed by atoms with Crippen LogP contribution in [-0.2, 0) is 4.84 Å². The SMILES string of the molecule is O=C(c1ccc(Cl)cc1)N1CCC2(CC1)N=C(c1ccccc1)NO2. The van der Waals surface area contributed by atoms with Crippen molar-refractivity contribution in [3.8, 4) is 0 Å². The second kappa shape index (κ2) is 6.50. The number of halogens is 1. The van der Waals surface area contributed by atoms with E-state index < -0.39 is 5.72 Å². The van der Waals surface area contributed by atoms with Crippen LogP contribution in [0.2, 0.25) is 5.02 Å². The molecule has 0 unspecified atom stereocenters. The number of benzene rings is 2. The molecule has 4 rings (SSSR count). The Bertz CT molecular complexity index is 797. The number of nitrogens with one attached hydrogen (secondary N) is 1. The summed E-state index contributed by atoms with van der Waals surface area (Å²) in [5, 5.41) is 0.627. The van der Waals surface area contributed by atoms with Gasteiger partial charge in [-0.25, -0.2) is 15.3 Å². The van der Waals surface area contributed by atoms with Crippen molar-refractivity contribution < 1.29 is 9.63 Å². The first kappa shape index (κ1) is 16.1. The topological polar surface area (TPSA) is 53.9 Å². The van der Waals surface area contributed by atoms with Crippen molar-refractivity contribution in [1.29, 1.82) is 0 Å². The molecule has 2 aliphatic heterocycles. The number of piperidine rings is 1. The molecule has 1 amide bonds. The molecule has 1 N–H and O–H groups in total. The fraction of sp³-hybridized carbons (Fsp3) is 0.263. The van der Waals surface area contributed by atoms with E-state index in [0.717, 1.165) is 11.4 Å². The Balaban J connectivity index is 1.44. The molecule has 2 aromatic rings. The monoisotopic (exact) mass is 355 g/mol. The number of carbonyl (C=O) groups excluding carboxylic acids is 1. The van der Waals surface area contributed by atoms with E-state index in [9.17, 15) is 4.79 Å². The summed E-state index contributed by atoms with van der Waals surface area (Å²) in [6.45, 7) is 1.21. The minimum absolute atomic E-state index is 0.0183. The van der Waals surface area contributed by atoms with Gasteiger partial charge in [0, 0.05) is 42.1 Å². The second-order valence-corrected chi connectivity index (χ2v) is 6.71. The van der Waals surface area contributed by atoms with Gasteiger partial charge < -0.3 is 4.90 Å². The molecule has 1 saturated heterocycles. The van der Waals surface area contributed by atoms with Crippen LogP contribution in [0.1, 0.15) is 28.8 Å². The number of likely N-dealkylation sites (tertiary alicyclic amines) is 1. The predicted octanol–water partition coefficient (Wildman–Crippen LogP) is 3.25. The molecule has 0 aromatic heterocycles. The molecule has 1 spiro atoms. The lowest BCUT2D eigenvalue weighted by molar-refractivity contribution is -0.0849. The number of nitrogens with zero attached hydrogens (tertiary/aromatic N) is 2. The van der Waals surface area contributed by atoms with E-state index in [-0.39, 0.29) is 5.91 Å². The van der Waals surface area contributed by atoms with E-state index in [1.807, 2.05) is 35.2 Å². The summed E-state index contributed by atoms with van der Waals surface area (Å²) in [5.41, 5.74) is 4.02. The van der Waals surface area contributed by atoms with Crippen LogP contribution in [0, 0.1) is 0 Å². The highest BCUT2D eigenvalue weighted by atomic mass is 35.5. The van der Waals surface area contributed by atoms with E-state index in [1.165, 1.54) is 0 Å². The number of amidine groups is 1. The molecule has 0 aliphatic carbocycles. The number of rotatable bonds is 2. The van der Waals surface area contributed by atoms with Crippen molar-refractivity contribution in [3.05, 3.63) is 70.7 Å². The molecular weight excluding hydrogens is 338 g/mol. The van der Waals surface area contributed by atoms with Gasteiger partial charge in [0.05, 0.1) is 0 Å². The van der Waals surface area contributed by atoms with Crippen LogP contribution < -0.4 is 5.48 Å². The maximum absolute atomic E-state index is 12.6. The summed E-state index contributed by atoms with van der Waals surface area (Å²) < 4.78 is 0. The lowest BCUT2D eigenvalue weighted by Crippen LogP contribution is -2.46. The standard InChI is InChI=1S/C19H18ClN3O2/c20-16-8-6-15(7-9-16)18(24)23-12-10-19(11-13-23)21-17(22-25-19)14-4-2-1-3-5-14/h1-9H,10-13H2,(H,21,22). The smallest absolute Gasteiger partial charge is 0.253 e. The van der Waals surface area contributed by atoms with Crippen molar-refractivity contribution >= 4 is 23.3 Å². The number of aliphatic imine (C=N–C) groups is 1. The van der Waals surface area contributed by atoms with Gasteiger partial charge >= 0.3 is 0 Å². The second-order valence-electron chi connectivity index (χ2n) is 6.28. The first-order valence-corrected chi connectivity index (χ1v) is 8.67. The summed E-state index contributed by atoms with van der Waals surface area (Å²) in [5.74, 6) is 0.766. The van der Waals surface area contributed by atoms with Crippen LogP contribution in [0.25, 0.3) is 0 Å². The third kappa shape index (κ3) is 3.25. The number of hydroxylamine groups is 1. The van der Waals surface area contributed by atoms with Crippen molar-refractivity contribution in [1.82, 2.24) is 10.4 Å². The molecule has 25 heavy (non-hydrogen) atoms. The lowest BCUT2D eigenvalue weighted by atomic mass is 10.00. The molecule has 1 fully saturated rings. The summed E-state index contributed by atoms with van der Waals surface area (Å²) in [4.78, 5) is 25.0. The fourth-order valence-electron chi connectivity index (χ4n) is 3.16. The molecule has 2 heterocycles. The number of hydrogen-bond donors (Lipinski definition) is 1. The first-order chi connectivity index (χ1) is 12.2. The van der Waals surface area contributed by atoms with Crippen LogP contribution in [0.3, 0.4) is 0 Å². The molecule has 6 heteroatoms. The Kier molecular flexibility index (Phi) is 4.19. The molecule has 2 aliphatic rings. The van der Waals surface area contributed by atoms with Crippen LogP contribution in [0.15, 0.2) is 59.6 Å². The summed E-state index contributed by atoms with van der Waals surface area (Å²) in [6.07, 6.45) is 1.32. The highest BCUT2D eigenvalue weighted by Gasteiger charge is 2.41. The van der Waals surface area contributed by atoms with Gasteiger partial charge in [-0.2, -0.15) is 0 Å². The fourth-order valence-corrected chi connectivity index (χ4v) is 3.29. The molecule has 0 radical (unpaired) electrons. The average Bonchev–Trinajstić information content (AvgIpc) is 3.07. The Hall–Kier alpha value is -2.37. The van der Waals surface area contributed by atoms with E-state index in [0.29, 0.717) is 36.5 Å². The van der Waals surface area contributed by atoms with Crippen molar-refractivity contribution in [3.63, 3.8) is 0 Å². The summed E-state index contributed by atoms with van der Waals surface area (Å²) >= 11 is 5.89. The van der Waals surface area contributed by atoms with Gasteiger partial charge in [0.2, 0.25) is 0 Å². The zero-order valence-corrected chi connectivity index (χ0v) is 14.4. The Morgan fingerprint density at radius 2 is 1.76 bits per heavy atom. The van der Waals surface area contributed by atoms with Gasteiger partial charge in [-0.1, -0.05) is 41.9 Å². The highest BCUT2D eigenvalue weighted by Crippen LogP contribution is 2.31. The summed E-state index contributed by atoms with van der Waals surface area (Å²) in [7, 11) is 0. The van der Waals surface area contributed by atoms with Crippen molar-refractivity contribution in [2.75, 3.05) is 13.1 Å². The first-order valence-electron chi connectivity index (χ1n) is 8.29. The Morgan fingerprint density at radius 1 is 1.08 bits per heavy atom. The van der Waals surface area contributed by atoms with E-state index in [1.54, 1.807) is 24.3 Å². The van der Waals surface area contributed by atoms with Gasteiger partial charge in [-0.15, -0.1) is 0 Å². The minimum Gasteiger partial charge on any atom is -0.338 e. The van der Waals surface area contributed by atoms with Crippen molar-refractivity contribution in [2.24, 2.45) is 4.99 Å². The third-order valence-electron chi connectivity index (χ3n) is 4.62. The zero-order chi connectivity index (χ0) is 17.3. The van der Waals surface area contributed by atoms with Crippen LogP contribution in [0.4, 0.5) is 0 Å². The molecule has 0 bridgehead atoms. The Morgan fingerprint density at radius 3 is 2.44 bits per heavy atom. The number of amides is 1. The van der Waals surface area contributed by atoms with E-state index in [2.05, 4.69) is 5.48 Å². The number of hydrogen-bond acceptors (Lipinski definition) is 4. The quantitative estimate of drug-likeness (QED) is 0.899. The summed E-state index contributed by atoms with van der Waals surface area (Å²) in [6, 6.07) is 16.9. The van der Waals surface area contributed by atoms with Gasteiger partial charge in [0.25, 0.3) is 5.91 Å². The van der Waals surface area contributed by atoms with Gasteiger partial charge in [0.1, 0.15) is 0 Å². The molecule has 0 atom stereocenters. The van der Waals surface area contributed by atoms with Crippen molar-refractivity contribution in [2.45, 2.75) is 18.6 Å². The lowest BCUT2D eigenvalue weighted by Gasteiger charge is -2.35. The normalized spacial score (nSPS) is 18.8. The minimum atomic E-state index is -0.581. The van der Waals surface area contributed by atoms with Gasteiger partial charge in [-0.3, -0.25) is 4.79 Å². The molecule has 0 saturated carbocycles.